The molecule has 1 unspecified atom stereocenters. The predicted octanol–water partition coefficient (Wildman–Crippen LogP) is 4.75. The summed E-state index contributed by atoms with van der Waals surface area (Å²) in [7, 11) is 0. The van der Waals surface area contributed by atoms with Crippen molar-refractivity contribution in [3.63, 3.8) is 0 Å². The van der Waals surface area contributed by atoms with Crippen LogP contribution in [0.25, 0.3) is 11.1 Å². The van der Waals surface area contributed by atoms with E-state index in [-0.39, 0.29) is 17.7 Å². The van der Waals surface area contributed by atoms with Gasteiger partial charge in [0.15, 0.2) is 0 Å². The molecule has 6 heteroatoms. The summed E-state index contributed by atoms with van der Waals surface area (Å²) in [5, 5.41) is 2.90. The van der Waals surface area contributed by atoms with Crippen LogP contribution in [0.4, 0.5) is 11.4 Å². The minimum absolute atomic E-state index is 0.0480. The van der Waals surface area contributed by atoms with Crippen LogP contribution in [0.15, 0.2) is 66.7 Å². The number of benzene rings is 3. The minimum atomic E-state index is -0.442. The molecule has 5 nitrogen and oxygen atoms in total. The van der Waals surface area contributed by atoms with Crippen LogP contribution in [0.3, 0.4) is 0 Å². The second-order valence-corrected chi connectivity index (χ2v) is 8.17. The normalized spacial score (nSPS) is 18.2. The number of hydrogen-bond acceptors (Lipinski definition) is 3. The number of halogens is 1. The van der Waals surface area contributed by atoms with E-state index < -0.39 is 5.92 Å². The first-order valence-corrected chi connectivity index (χ1v) is 10.5. The fourth-order valence-corrected chi connectivity index (χ4v) is 4.73. The number of carbonyl (C=O) groups excluding carboxylic acids is 3. The van der Waals surface area contributed by atoms with Gasteiger partial charge in [-0.2, -0.15) is 0 Å². The Kier molecular flexibility index (Phi) is 4.83. The lowest BCUT2D eigenvalue weighted by Gasteiger charge is -2.23. The lowest BCUT2D eigenvalue weighted by molar-refractivity contribution is -0.134. The molecule has 0 saturated carbocycles. The number of nitrogens with zero attached hydrogens (tertiary/aromatic N) is 1. The van der Waals surface area contributed by atoms with E-state index >= 15 is 0 Å². The third kappa shape index (κ3) is 3.41. The van der Waals surface area contributed by atoms with Crippen LogP contribution in [0.1, 0.15) is 29.9 Å². The zero-order valence-electron chi connectivity index (χ0n) is 16.6. The highest BCUT2D eigenvalue weighted by Gasteiger charge is 2.30. The van der Waals surface area contributed by atoms with Crippen LogP contribution in [0.2, 0.25) is 5.02 Å². The summed E-state index contributed by atoms with van der Waals surface area (Å²) < 4.78 is 0. The molecule has 5 rings (SSSR count). The van der Waals surface area contributed by atoms with Crippen molar-refractivity contribution in [2.24, 2.45) is 0 Å². The number of hydrogen-bond donors (Lipinski definition) is 1. The van der Waals surface area contributed by atoms with Crippen LogP contribution >= 0.6 is 11.6 Å². The van der Waals surface area contributed by atoms with Gasteiger partial charge in [-0.1, -0.05) is 60.1 Å². The summed E-state index contributed by atoms with van der Waals surface area (Å²) >= 11 is 6.71. The monoisotopic (exact) mass is 430 g/mol. The highest BCUT2D eigenvalue weighted by molar-refractivity contribution is 6.34. The van der Waals surface area contributed by atoms with E-state index in [1.165, 1.54) is 0 Å². The Morgan fingerprint density at radius 2 is 1.68 bits per heavy atom. The maximum Gasteiger partial charge on any atom is 0.236 e. The molecule has 1 saturated heterocycles. The first-order valence-electron chi connectivity index (χ1n) is 10.2. The largest absolute Gasteiger partial charge is 0.296 e. The Bertz CT molecular complexity index is 1220. The summed E-state index contributed by atoms with van der Waals surface area (Å²) in [6.07, 6.45) is 1.15. The van der Waals surface area contributed by atoms with Crippen LogP contribution in [-0.2, 0) is 20.8 Å². The predicted molar refractivity (Wildman–Crippen MR) is 119 cm³/mol. The van der Waals surface area contributed by atoms with E-state index in [0.717, 1.165) is 33.6 Å². The number of anilines is 2. The van der Waals surface area contributed by atoms with Gasteiger partial charge >= 0.3 is 0 Å². The van der Waals surface area contributed by atoms with Crippen LogP contribution < -0.4 is 10.2 Å². The van der Waals surface area contributed by atoms with Crippen molar-refractivity contribution in [3.05, 3.63) is 82.9 Å². The third-order valence-electron chi connectivity index (χ3n) is 5.90. The number of carbonyl (C=O) groups is 3. The molecule has 3 amide bonds. The molecule has 0 aliphatic carbocycles. The summed E-state index contributed by atoms with van der Waals surface area (Å²) in [6, 6.07) is 21.1. The van der Waals surface area contributed by atoms with Gasteiger partial charge in [-0.3, -0.25) is 24.6 Å². The van der Waals surface area contributed by atoms with Crippen molar-refractivity contribution in [3.8, 4) is 11.1 Å². The number of piperidine rings is 1. The van der Waals surface area contributed by atoms with Crippen LogP contribution in [0.5, 0.6) is 0 Å². The Hall–Kier alpha value is -3.44. The smallest absolute Gasteiger partial charge is 0.236 e. The quantitative estimate of drug-likeness (QED) is 0.610. The van der Waals surface area contributed by atoms with E-state index in [2.05, 4.69) is 5.32 Å². The molecule has 154 valence electrons. The highest BCUT2D eigenvalue weighted by Crippen LogP contribution is 2.39. The fourth-order valence-electron chi connectivity index (χ4n) is 4.36. The average molecular weight is 431 g/mol. The second-order valence-electron chi connectivity index (χ2n) is 7.79. The van der Waals surface area contributed by atoms with Crippen molar-refractivity contribution in [2.45, 2.75) is 25.2 Å². The van der Waals surface area contributed by atoms with Crippen molar-refractivity contribution < 1.29 is 14.4 Å². The van der Waals surface area contributed by atoms with Gasteiger partial charge in [0.05, 0.1) is 23.0 Å². The van der Waals surface area contributed by atoms with Gasteiger partial charge in [-0.25, -0.2) is 0 Å². The van der Waals surface area contributed by atoms with Gasteiger partial charge in [0, 0.05) is 17.7 Å². The van der Waals surface area contributed by atoms with Crippen molar-refractivity contribution in [1.29, 1.82) is 0 Å². The lowest BCUT2D eigenvalue weighted by Crippen LogP contribution is -2.39. The SMILES string of the molecule is O=C1CCC(c2cccc(-c3ccc(N4C(=O)Cc5ccccc54)cc3)c2Cl)C(=O)N1. The van der Waals surface area contributed by atoms with E-state index in [1.54, 1.807) is 4.90 Å². The third-order valence-corrected chi connectivity index (χ3v) is 6.33. The van der Waals surface area contributed by atoms with Gasteiger partial charge < -0.3 is 0 Å². The first-order chi connectivity index (χ1) is 15.0. The van der Waals surface area contributed by atoms with E-state index in [1.807, 2.05) is 66.7 Å². The van der Waals surface area contributed by atoms with Gasteiger partial charge in [-0.05, 0) is 41.3 Å². The van der Waals surface area contributed by atoms with Crippen molar-refractivity contribution in [2.75, 3.05) is 4.90 Å². The molecule has 1 fully saturated rings. The Morgan fingerprint density at radius 1 is 0.903 bits per heavy atom. The molecule has 0 aromatic heterocycles. The number of imide groups is 1. The number of fused-ring (bicyclic) bond motifs is 1. The van der Waals surface area contributed by atoms with E-state index in [0.29, 0.717) is 24.3 Å². The van der Waals surface area contributed by atoms with E-state index in [9.17, 15) is 14.4 Å². The maximum atomic E-state index is 12.6. The average Bonchev–Trinajstić information content (AvgIpc) is 3.10. The van der Waals surface area contributed by atoms with Crippen LogP contribution in [-0.4, -0.2) is 17.7 Å². The van der Waals surface area contributed by atoms with Crippen molar-refractivity contribution >= 4 is 40.7 Å². The summed E-state index contributed by atoms with van der Waals surface area (Å²) in [5.74, 6) is -0.950. The van der Waals surface area contributed by atoms with Gasteiger partial charge in [0.25, 0.3) is 0 Å². The molecule has 0 bridgehead atoms. The molecule has 2 aliphatic rings. The van der Waals surface area contributed by atoms with Gasteiger partial charge in [-0.15, -0.1) is 0 Å². The molecular formula is C25H19ClN2O3. The van der Waals surface area contributed by atoms with E-state index in [4.69, 9.17) is 11.6 Å². The number of amides is 3. The topological polar surface area (TPSA) is 66.5 Å². The summed E-state index contributed by atoms with van der Waals surface area (Å²) in [4.78, 5) is 38.1. The Balaban J connectivity index is 1.47. The number of rotatable bonds is 3. The molecule has 2 aliphatic heterocycles. The molecule has 1 N–H and O–H groups in total. The van der Waals surface area contributed by atoms with Crippen molar-refractivity contribution in [1.82, 2.24) is 5.32 Å². The first kappa shape index (κ1) is 19.5. The van der Waals surface area contributed by atoms with Gasteiger partial charge in [0.1, 0.15) is 0 Å². The molecule has 31 heavy (non-hydrogen) atoms. The molecule has 3 aromatic rings. The Morgan fingerprint density at radius 3 is 2.45 bits per heavy atom. The molecule has 0 spiro atoms. The fraction of sp³-hybridized carbons (Fsp3) is 0.160. The summed E-state index contributed by atoms with van der Waals surface area (Å²) in [5.41, 5.74) is 5.16. The number of nitrogens with one attached hydrogen (secondary N) is 1. The molecular weight excluding hydrogens is 412 g/mol. The molecule has 1 atom stereocenters. The zero-order chi connectivity index (χ0) is 21.5. The molecule has 3 aromatic carbocycles. The van der Waals surface area contributed by atoms with Crippen LogP contribution in [0, 0.1) is 0 Å². The second kappa shape index (κ2) is 7.67. The lowest BCUT2D eigenvalue weighted by atomic mass is 9.88. The Labute approximate surface area is 184 Å². The summed E-state index contributed by atoms with van der Waals surface area (Å²) in [6.45, 7) is 0. The maximum absolute atomic E-state index is 12.6. The van der Waals surface area contributed by atoms with Gasteiger partial charge in [0.2, 0.25) is 17.7 Å². The standard InChI is InChI=1S/C25H19ClN2O3/c26-24-18(5-3-6-19(24)20-12-13-22(29)27-25(20)31)15-8-10-17(11-9-15)28-21-7-2-1-4-16(21)14-23(28)30/h1-11,20H,12-14H2,(H,27,29,31). The molecule has 2 heterocycles. The number of para-hydroxylation sites is 1. The zero-order valence-corrected chi connectivity index (χ0v) is 17.4. The molecule has 0 radical (unpaired) electrons. The minimum Gasteiger partial charge on any atom is -0.296 e. The highest BCUT2D eigenvalue weighted by atomic mass is 35.5.